The number of hydrogen-bond donors (Lipinski definition) is 2. The van der Waals surface area contributed by atoms with Crippen LogP contribution in [0, 0.1) is 6.92 Å². The van der Waals surface area contributed by atoms with Gasteiger partial charge in [0.1, 0.15) is 5.82 Å². The first-order chi connectivity index (χ1) is 7.11. The number of nitrogens with one attached hydrogen (secondary N) is 1. The number of aliphatic hydroxyl groups is 1. The van der Waals surface area contributed by atoms with Crippen LogP contribution in [-0.2, 0) is 6.54 Å². The molecule has 4 heteroatoms. The SMILES string of the molecule is CCNC(C)(CO)CCn1ccnc1C. The zero-order chi connectivity index (χ0) is 11.3. The van der Waals surface area contributed by atoms with Gasteiger partial charge in [-0.05, 0) is 26.8 Å². The highest BCUT2D eigenvalue weighted by atomic mass is 16.3. The van der Waals surface area contributed by atoms with Crippen molar-refractivity contribution in [3.8, 4) is 0 Å². The summed E-state index contributed by atoms with van der Waals surface area (Å²) in [5.74, 6) is 1.02. The summed E-state index contributed by atoms with van der Waals surface area (Å²) in [5.41, 5.74) is -0.189. The van der Waals surface area contributed by atoms with Crippen LogP contribution in [0.25, 0.3) is 0 Å². The summed E-state index contributed by atoms with van der Waals surface area (Å²) in [5, 5.41) is 12.6. The van der Waals surface area contributed by atoms with Gasteiger partial charge in [-0.3, -0.25) is 0 Å². The molecule has 1 atom stereocenters. The van der Waals surface area contributed by atoms with E-state index in [0.717, 1.165) is 25.3 Å². The van der Waals surface area contributed by atoms with E-state index in [4.69, 9.17) is 0 Å². The Morgan fingerprint density at radius 1 is 1.60 bits per heavy atom. The predicted octanol–water partition coefficient (Wildman–Crippen LogP) is 0.942. The van der Waals surface area contributed by atoms with Gasteiger partial charge in [-0.1, -0.05) is 6.92 Å². The molecule has 4 nitrogen and oxygen atoms in total. The standard InChI is InChI=1S/C11H21N3O/c1-4-13-11(3,9-15)5-7-14-8-6-12-10(14)2/h6,8,13,15H,4-5,7,9H2,1-3H3. The van der Waals surface area contributed by atoms with E-state index in [2.05, 4.69) is 21.8 Å². The van der Waals surface area contributed by atoms with Crippen LogP contribution in [0.5, 0.6) is 0 Å². The second kappa shape index (κ2) is 5.28. The van der Waals surface area contributed by atoms with Gasteiger partial charge in [0.2, 0.25) is 0 Å². The highest BCUT2D eigenvalue weighted by molar-refractivity contribution is 4.90. The third-order valence-corrected chi connectivity index (χ3v) is 2.78. The quantitative estimate of drug-likeness (QED) is 0.736. The number of hydrogen-bond acceptors (Lipinski definition) is 3. The molecule has 0 aliphatic rings. The van der Waals surface area contributed by atoms with Gasteiger partial charge in [-0.25, -0.2) is 4.98 Å². The van der Waals surface area contributed by atoms with Gasteiger partial charge in [0.25, 0.3) is 0 Å². The van der Waals surface area contributed by atoms with E-state index in [1.54, 1.807) is 6.20 Å². The lowest BCUT2D eigenvalue weighted by atomic mass is 9.99. The molecule has 1 rings (SSSR count). The summed E-state index contributed by atoms with van der Waals surface area (Å²) in [6, 6.07) is 0. The van der Waals surface area contributed by atoms with E-state index < -0.39 is 0 Å². The van der Waals surface area contributed by atoms with Crippen LogP contribution in [0.15, 0.2) is 12.4 Å². The first-order valence-corrected chi connectivity index (χ1v) is 5.45. The zero-order valence-electron chi connectivity index (χ0n) is 9.82. The molecule has 1 aromatic rings. The minimum absolute atomic E-state index is 0.161. The van der Waals surface area contributed by atoms with Crippen molar-refractivity contribution in [2.45, 2.75) is 39.3 Å². The van der Waals surface area contributed by atoms with Crippen LogP contribution in [-0.4, -0.2) is 33.3 Å². The Kier molecular flexibility index (Phi) is 4.29. The molecule has 0 aliphatic carbocycles. The Balaban J connectivity index is 2.51. The molecule has 0 fully saturated rings. The third-order valence-electron chi connectivity index (χ3n) is 2.78. The lowest BCUT2D eigenvalue weighted by Crippen LogP contribution is -2.46. The summed E-state index contributed by atoms with van der Waals surface area (Å²) in [6.07, 6.45) is 4.67. The predicted molar refractivity (Wildman–Crippen MR) is 60.7 cm³/mol. The summed E-state index contributed by atoms with van der Waals surface area (Å²) < 4.78 is 2.10. The van der Waals surface area contributed by atoms with E-state index in [9.17, 15) is 5.11 Å². The lowest BCUT2D eigenvalue weighted by molar-refractivity contribution is 0.162. The normalized spacial score (nSPS) is 15.2. The van der Waals surface area contributed by atoms with Crippen molar-refractivity contribution in [1.82, 2.24) is 14.9 Å². The molecule has 86 valence electrons. The number of imidazole rings is 1. The number of aliphatic hydroxyl groups excluding tert-OH is 1. The molecule has 15 heavy (non-hydrogen) atoms. The molecule has 0 aromatic carbocycles. The summed E-state index contributed by atoms with van der Waals surface area (Å²) in [4.78, 5) is 4.17. The van der Waals surface area contributed by atoms with Gasteiger partial charge in [-0.15, -0.1) is 0 Å². The van der Waals surface area contributed by atoms with E-state index in [1.165, 1.54) is 0 Å². The molecule has 2 N–H and O–H groups in total. The van der Waals surface area contributed by atoms with Crippen LogP contribution >= 0.6 is 0 Å². The van der Waals surface area contributed by atoms with E-state index in [0.29, 0.717) is 0 Å². The van der Waals surface area contributed by atoms with Crippen molar-refractivity contribution in [1.29, 1.82) is 0 Å². The van der Waals surface area contributed by atoms with Gasteiger partial charge in [-0.2, -0.15) is 0 Å². The number of aromatic nitrogens is 2. The van der Waals surface area contributed by atoms with Crippen LogP contribution in [0.1, 0.15) is 26.1 Å². The van der Waals surface area contributed by atoms with Gasteiger partial charge < -0.3 is 15.0 Å². The topological polar surface area (TPSA) is 50.1 Å². The first-order valence-electron chi connectivity index (χ1n) is 5.45. The Bertz CT molecular complexity index is 298. The molecular weight excluding hydrogens is 190 g/mol. The van der Waals surface area contributed by atoms with E-state index in [-0.39, 0.29) is 12.1 Å². The monoisotopic (exact) mass is 211 g/mol. The van der Waals surface area contributed by atoms with Gasteiger partial charge in [0.15, 0.2) is 0 Å². The zero-order valence-corrected chi connectivity index (χ0v) is 9.82. The molecule has 1 heterocycles. The molecule has 1 aromatic heterocycles. The highest BCUT2D eigenvalue weighted by Gasteiger charge is 2.21. The number of nitrogens with zero attached hydrogens (tertiary/aromatic N) is 2. The van der Waals surface area contributed by atoms with Crippen molar-refractivity contribution in [3.63, 3.8) is 0 Å². The van der Waals surface area contributed by atoms with Crippen LogP contribution in [0.3, 0.4) is 0 Å². The van der Waals surface area contributed by atoms with E-state index >= 15 is 0 Å². The molecular formula is C11H21N3O. The molecule has 0 saturated heterocycles. The van der Waals surface area contributed by atoms with Crippen molar-refractivity contribution in [3.05, 3.63) is 18.2 Å². The molecule has 0 bridgehead atoms. The lowest BCUT2D eigenvalue weighted by Gasteiger charge is -2.28. The number of aryl methyl sites for hydroxylation is 2. The minimum Gasteiger partial charge on any atom is -0.394 e. The Hall–Kier alpha value is -0.870. The summed E-state index contributed by atoms with van der Waals surface area (Å²) >= 11 is 0. The molecule has 0 saturated carbocycles. The Labute approximate surface area is 91.3 Å². The van der Waals surface area contributed by atoms with Crippen molar-refractivity contribution in [2.24, 2.45) is 0 Å². The Morgan fingerprint density at radius 3 is 2.80 bits per heavy atom. The average molecular weight is 211 g/mol. The van der Waals surface area contributed by atoms with Crippen molar-refractivity contribution in [2.75, 3.05) is 13.2 Å². The molecule has 0 spiro atoms. The average Bonchev–Trinajstić information content (AvgIpc) is 2.62. The maximum Gasteiger partial charge on any atom is 0.105 e. The largest absolute Gasteiger partial charge is 0.394 e. The van der Waals surface area contributed by atoms with Gasteiger partial charge >= 0.3 is 0 Å². The Morgan fingerprint density at radius 2 is 2.33 bits per heavy atom. The van der Waals surface area contributed by atoms with Crippen molar-refractivity contribution >= 4 is 0 Å². The second-order valence-corrected chi connectivity index (χ2v) is 4.17. The van der Waals surface area contributed by atoms with Crippen LogP contribution < -0.4 is 5.32 Å². The first kappa shape index (κ1) is 12.2. The van der Waals surface area contributed by atoms with Crippen molar-refractivity contribution < 1.29 is 5.11 Å². The number of rotatable bonds is 6. The fraction of sp³-hybridized carbons (Fsp3) is 0.727. The minimum atomic E-state index is -0.189. The molecule has 0 radical (unpaired) electrons. The number of likely N-dealkylation sites (N-methyl/N-ethyl adjacent to an activating group) is 1. The van der Waals surface area contributed by atoms with Crippen LogP contribution in [0.4, 0.5) is 0 Å². The molecule has 0 amide bonds. The smallest absolute Gasteiger partial charge is 0.105 e. The van der Waals surface area contributed by atoms with Crippen LogP contribution in [0.2, 0.25) is 0 Å². The van der Waals surface area contributed by atoms with E-state index in [1.807, 2.05) is 20.0 Å². The maximum absolute atomic E-state index is 9.33. The molecule has 0 aliphatic heterocycles. The highest BCUT2D eigenvalue weighted by Crippen LogP contribution is 2.11. The third kappa shape index (κ3) is 3.32. The maximum atomic E-state index is 9.33. The fourth-order valence-electron chi connectivity index (χ4n) is 1.66. The van der Waals surface area contributed by atoms with Gasteiger partial charge in [0, 0.05) is 24.5 Å². The molecule has 1 unspecified atom stereocenters. The van der Waals surface area contributed by atoms with Gasteiger partial charge in [0.05, 0.1) is 6.61 Å². The summed E-state index contributed by atoms with van der Waals surface area (Å²) in [6.45, 7) is 8.01. The second-order valence-electron chi connectivity index (χ2n) is 4.17. The fourth-order valence-corrected chi connectivity index (χ4v) is 1.66. The summed E-state index contributed by atoms with van der Waals surface area (Å²) in [7, 11) is 0.